The molecule has 7 nitrogen and oxygen atoms in total. The number of carbonyl (C=O) groups is 2. The topological polar surface area (TPSA) is 104 Å². The molecule has 20 heavy (non-hydrogen) atoms. The summed E-state index contributed by atoms with van der Waals surface area (Å²) in [6, 6.07) is 2.79. The van der Waals surface area contributed by atoms with Crippen LogP contribution in [0.5, 0.6) is 0 Å². The largest absolute Gasteiger partial charge is 0.481 e. The summed E-state index contributed by atoms with van der Waals surface area (Å²) in [5.41, 5.74) is 3.42. The second-order valence-corrected chi connectivity index (χ2v) is 4.61. The molecule has 0 atom stereocenters. The van der Waals surface area contributed by atoms with Crippen LogP contribution in [-0.4, -0.2) is 27.1 Å². The van der Waals surface area contributed by atoms with Crippen molar-refractivity contribution in [3.63, 3.8) is 0 Å². The van der Waals surface area contributed by atoms with Crippen LogP contribution in [0.3, 0.4) is 0 Å². The highest BCUT2D eigenvalue weighted by molar-refractivity contribution is 7.07. The standard InChI is InChI=1S/C12H12N4O3S/c17-11(18)3-8-1-2-9(4-13-8)16-12(19)14-5-10-6-20-7-15-10/h1-2,4,6-7H,3,5H2,(H,17,18)(H2,14,16,19). The highest BCUT2D eigenvalue weighted by atomic mass is 32.1. The molecule has 0 saturated carbocycles. The fourth-order valence-electron chi connectivity index (χ4n) is 1.43. The maximum Gasteiger partial charge on any atom is 0.319 e. The number of rotatable bonds is 5. The third-order valence-corrected chi connectivity index (χ3v) is 2.96. The Labute approximate surface area is 118 Å². The number of amides is 2. The third-order valence-electron chi connectivity index (χ3n) is 2.33. The molecular weight excluding hydrogens is 280 g/mol. The number of pyridine rings is 1. The molecule has 8 heteroatoms. The van der Waals surface area contributed by atoms with E-state index in [-0.39, 0.29) is 12.5 Å². The molecule has 0 spiro atoms. The molecule has 2 aromatic heterocycles. The Hall–Kier alpha value is -2.48. The van der Waals surface area contributed by atoms with Crippen LogP contribution in [0.25, 0.3) is 0 Å². The van der Waals surface area contributed by atoms with Gasteiger partial charge >= 0.3 is 12.0 Å². The van der Waals surface area contributed by atoms with Crippen LogP contribution in [0.15, 0.2) is 29.2 Å². The summed E-state index contributed by atoms with van der Waals surface area (Å²) in [7, 11) is 0. The number of hydrogen-bond donors (Lipinski definition) is 3. The summed E-state index contributed by atoms with van der Waals surface area (Å²) in [4.78, 5) is 30.1. The zero-order valence-corrected chi connectivity index (χ0v) is 11.2. The second-order valence-electron chi connectivity index (χ2n) is 3.90. The Kier molecular flexibility index (Phi) is 4.61. The van der Waals surface area contributed by atoms with Gasteiger partial charge < -0.3 is 15.7 Å². The molecule has 0 radical (unpaired) electrons. The van der Waals surface area contributed by atoms with Gasteiger partial charge in [0.2, 0.25) is 0 Å². The van der Waals surface area contributed by atoms with Crippen LogP contribution in [0.4, 0.5) is 10.5 Å². The van der Waals surface area contributed by atoms with Crippen molar-refractivity contribution in [2.45, 2.75) is 13.0 Å². The Bertz CT molecular complexity index is 583. The van der Waals surface area contributed by atoms with Crippen molar-refractivity contribution in [2.75, 3.05) is 5.32 Å². The van der Waals surface area contributed by atoms with Gasteiger partial charge in [0, 0.05) is 5.38 Å². The lowest BCUT2D eigenvalue weighted by atomic mass is 10.2. The van der Waals surface area contributed by atoms with Gasteiger partial charge in [-0.15, -0.1) is 11.3 Å². The van der Waals surface area contributed by atoms with Gasteiger partial charge in [0.15, 0.2) is 0 Å². The van der Waals surface area contributed by atoms with Gasteiger partial charge in [0.25, 0.3) is 0 Å². The molecule has 0 aliphatic rings. The number of thiazole rings is 1. The van der Waals surface area contributed by atoms with E-state index in [1.165, 1.54) is 17.5 Å². The molecule has 2 aromatic rings. The van der Waals surface area contributed by atoms with Crippen molar-refractivity contribution in [3.8, 4) is 0 Å². The van der Waals surface area contributed by atoms with Gasteiger partial charge in [-0.25, -0.2) is 9.78 Å². The molecular formula is C12H12N4O3S. The fraction of sp³-hybridized carbons (Fsp3) is 0.167. The number of carboxylic acid groups (broad SMARTS) is 1. The van der Waals surface area contributed by atoms with Crippen LogP contribution in [0.1, 0.15) is 11.4 Å². The van der Waals surface area contributed by atoms with E-state index in [9.17, 15) is 9.59 Å². The third kappa shape index (κ3) is 4.32. The maximum absolute atomic E-state index is 11.6. The highest BCUT2D eigenvalue weighted by Gasteiger charge is 2.05. The van der Waals surface area contributed by atoms with E-state index < -0.39 is 5.97 Å². The van der Waals surface area contributed by atoms with Gasteiger partial charge in [-0.2, -0.15) is 0 Å². The first-order valence-electron chi connectivity index (χ1n) is 5.72. The Morgan fingerprint density at radius 3 is 2.70 bits per heavy atom. The Morgan fingerprint density at radius 1 is 1.25 bits per heavy atom. The number of nitrogens with one attached hydrogen (secondary N) is 2. The number of urea groups is 1. The van der Waals surface area contributed by atoms with Gasteiger partial charge in [0.05, 0.1) is 41.7 Å². The lowest BCUT2D eigenvalue weighted by molar-refractivity contribution is -0.136. The molecule has 3 N–H and O–H groups in total. The molecule has 0 bridgehead atoms. The van der Waals surface area contributed by atoms with Crippen LogP contribution >= 0.6 is 11.3 Å². The zero-order chi connectivity index (χ0) is 14.4. The average Bonchev–Trinajstić information content (AvgIpc) is 2.91. The van der Waals surface area contributed by atoms with Gasteiger partial charge in [-0.3, -0.25) is 9.78 Å². The normalized spacial score (nSPS) is 10.0. The molecule has 0 aliphatic carbocycles. The quantitative estimate of drug-likeness (QED) is 0.774. The van der Waals surface area contributed by atoms with E-state index in [2.05, 4.69) is 20.6 Å². The summed E-state index contributed by atoms with van der Waals surface area (Å²) in [5.74, 6) is -0.945. The molecule has 104 valence electrons. The van der Waals surface area contributed by atoms with Crippen molar-refractivity contribution in [1.82, 2.24) is 15.3 Å². The van der Waals surface area contributed by atoms with Crippen LogP contribution in [0.2, 0.25) is 0 Å². The van der Waals surface area contributed by atoms with Crippen molar-refractivity contribution in [3.05, 3.63) is 40.6 Å². The number of aromatic nitrogens is 2. The summed E-state index contributed by atoms with van der Waals surface area (Å²) >= 11 is 1.46. The lowest BCUT2D eigenvalue weighted by Crippen LogP contribution is -2.28. The minimum atomic E-state index is -0.945. The molecule has 0 fully saturated rings. The monoisotopic (exact) mass is 292 g/mol. The molecule has 0 aromatic carbocycles. The number of aliphatic carboxylic acids is 1. The summed E-state index contributed by atoms with van der Waals surface area (Å²) in [6.45, 7) is 0.347. The van der Waals surface area contributed by atoms with Gasteiger partial charge in [-0.05, 0) is 12.1 Å². The summed E-state index contributed by atoms with van der Waals surface area (Å²) in [6.07, 6.45) is 1.27. The van der Waals surface area contributed by atoms with Crippen molar-refractivity contribution < 1.29 is 14.7 Å². The minimum Gasteiger partial charge on any atom is -0.481 e. The van der Waals surface area contributed by atoms with Crippen molar-refractivity contribution in [2.24, 2.45) is 0 Å². The first-order valence-corrected chi connectivity index (χ1v) is 6.66. The van der Waals surface area contributed by atoms with Gasteiger partial charge in [0.1, 0.15) is 0 Å². The predicted molar refractivity (Wildman–Crippen MR) is 73.5 cm³/mol. The number of carboxylic acids is 1. The maximum atomic E-state index is 11.6. The van der Waals surface area contributed by atoms with Crippen LogP contribution in [-0.2, 0) is 17.8 Å². The molecule has 0 unspecified atom stereocenters. The lowest BCUT2D eigenvalue weighted by Gasteiger charge is -2.06. The number of anilines is 1. The van der Waals surface area contributed by atoms with E-state index >= 15 is 0 Å². The van der Waals surface area contributed by atoms with Crippen LogP contribution < -0.4 is 10.6 Å². The fourth-order valence-corrected chi connectivity index (χ4v) is 1.99. The van der Waals surface area contributed by atoms with Crippen molar-refractivity contribution in [1.29, 1.82) is 0 Å². The number of hydrogen-bond acceptors (Lipinski definition) is 5. The number of carbonyl (C=O) groups excluding carboxylic acids is 1. The highest BCUT2D eigenvalue weighted by Crippen LogP contribution is 2.07. The van der Waals surface area contributed by atoms with Gasteiger partial charge in [-0.1, -0.05) is 0 Å². The Balaban J connectivity index is 1.83. The van der Waals surface area contributed by atoms with E-state index in [1.807, 2.05) is 5.38 Å². The molecule has 0 aliphatic heterocycles. The molecule has 2 amide bonds. The van der Waals surface area contributed by atoms with E-state index in [4.69, 9.17) is 5.11 Å². The number of nitrogens with zero attached hydrogens (tertiary/aromatic N) is 2. The summed E-state index contributed by atoms with van der Waals surface area (Å²) in [5, 5.41) is 15.7. The minimum absolute atomic E-state index is 0.143. The Morgan fingerprint density at radius 2 is 2.10 bits per heavy atom. The van der Waals surface area contributed by atoms with E-state index in [0.29, 0.717) is 17.9 Å². The van der Waals surface area contributed by atoms with E-state index in [0.717, 1.165) is 5.69 Å². The van der Waals surface area contributed by atoms with Crippen molar-refractivity contribution >= 4 is 29.0 Å². The first-order chi connectivity index (χ1) is 9.63. The average molecular weight is 292 g/mol. The smallest absolute Gasteiger partial charge is 0.319 e. The molecule has 2 rings (SSSR count). The molecule has 2 heterocycles. The second kappa shape index (κ2) is 6.62. The van der Waals surface area contributed by atoms with E-state index in [1.54, 1.807) is 17.6 Å². The van der Waals surface area contributed by atoms with Crippen LogP contribution in [0, 0.1) is 0 Å². The SMILES string of the molecule is O=C(O)Cc1ccc(NC(=O)NCc2cscn2)cn1. The zero-order valence-electron chi connectivity index (χ0n) is 10.4. The predicted octanol–water partition coefficient (Wildman–Crippen LogP) is 1.49. The summed E-state index contributed by atoms with van der Waals surface area (Å²) < 4.78 is 0. The first kappa shape index (κ1) is 13.9. The molecule has 0 saturated heterocycles.